The third kappa shape index (κ3) is 3.43. The standard InChI is InChI=1S/C7H11ClN4O/c1-4(13)3-10-6-2-5(8)11-7(9)12-6/h2,4,13H,3H2,1H3,(H3,9,10,11,12). The van der Waals surface area contributed by atoms with Crippen LogP contribution in [-0.2, 0) is 0 Å². The summed E-state index contributed by atoms with van der Waals surface area (Å²) in [7, 11) is 0. The van der Waals surface area contributed by atoms with Crippen molar-refractivity contribution in [3.05, 3.63) is 11.2 Å². The van der Waals surface area contributed by atoms with Gasteiger partial charge in [0.15, 0.2) is 0 Å². The Morgan fingerprint density at radius 2 is 2.38 bits per heavy atom. The minimum absolute atomic E-state index is 0.112. The van der Waals surface area contributed by atoms with Gasteiger partial charge in [0, 0.05) is 12.6 Å². The first-order valence-corrected chi connectivity index (χ1v) is 4.17. The van der Waals surface area contributed by atoms with Crippen LogP contribution in [0.3, 0.4) is 0 Å². The third-order valence-electron chi connectivity index (χ3n) is 1.29. The third-order valence-corrected chi connectivity index (χ3v) is 1.48. The molecule has 0 spiro atoms. The molecule has 72 valence electrons. The monoisotopic (exact) mass is 202 g/mol. The second kappa shape index (κ2) is 4.25. The molecule has 1 heterocycles. The number of nitrogens with two attached hydrogens (primary N) is 1. The predicted octanol–water partition coefficient (Wildman–Crippen LogP) is 0.505. The molecule has 1 atom stereocenters. The van der Waals surface area contributed by atoms with Gasteiger partial charge in [-0.15, -0.1) is 0 Å². The van der Waals surface area contributed by atoms with Crippen LogP contribution >= 0.6 is 11.6 Å². The van der Waals surface area contributed by atoms with Crippen molar-refractivity contribution < 1.29 is 5.11 Å². The minimum Gasteiger partial charge on any atom is -0.392 e. The lowest BCUT2D eigenvalue weighted by molar-refractivity contribution is 0.208. The number of nitrogens with zero attached hydrogens (tertiary/aromatic N) is 2. The molecular weight excluding hydrogens is 192 g/mol. The fourth-order valence-electron chi connectivity index (χ4n) is 0.778. The van der Waals surface area contributed by atoms with Crippen molar-refractivity contribution in [2.24, 2.45) is 0 Å². The van der Waals surface area contributed by atoms with Crippen LogP contribution in [0.2, 0.25) is 5.15 Å². The Labute approximate surface area is 81.0 Å². The molecule has 0 aliphatic rings. The lowest BCUT2D eigenvalue weighted by Crippen LogP contribution is -2.16. The molecule has 13 heavy (non-hydrogen) atoms. The summed E-state index contributed by atoms with van der Waals surface area (Å²) in [4.78, 5) is 7.56. The molecule has 0 fully saturated rings. The van der Waals surface area contributed by atoms with Gasteiger partial charge in [0.05, 0.1) is 6.10 Å². The number of hydrogen-bond acceptors (Lipinski definition) is 5. The van der Waals surface area contributed by atoms with E-state index in [4.69, 9.17) is 22.4 Å². The lowest BCUT2D eigenvalue weighted by Gasteiger charge is -2.07. The van der Waals surface area contributed by atoms with Crippen molar-refractivity contribution in [3.63, 3.8) is 0 Å². The largest absolute Gasteiger partial charge is 0.392 e. The van der Waals surface area contributed by atoms with E-state index >= 15 is 0 Å². The first kappa shape index (κ1) is 10.0. The summed E-state index contributed by atoms with van der Waals surface area (Å²) in [6.45, 7) is 2.06. The summed E-state index contributed by atoms with van der Waals surface area (Å²) in [5.41, 5.74) is 5.36. The molecule has 0 saturated heterocycles. The molecule has 1 rings (SSSR count). The van der Waals surface area contributed by atoms with Crippen molar-refractivity contribution in [2.45, 2.75) is 13.0 Å². The van der Waals surface area contributed by atoms with E-state index in [1.807, 2.05) is 0 Å². The molecule has 1 aromatic heterocycles. The molecule has 6 heteroatoms. The van der Waals surface area contributed by atoms with Gasteiger partial charge in [-0.25, -0.2) is 4.98 Å². The molecule has 1 unspecified atom stereocenters. The number of anilines is 2. The zero-order chi connectivity index (χ0) is 9.84. The summed E-state index contributed by atoms with van der Waals surface area (Å²) in [5.74, 6) is 0.624. The molecule has 1 aromatic rings. The van der Waals surface area contributed by atoms with E-state index in [2.05, 4.69) is 15.3 Å². The smallest absolute Gasteiger partial charge is 0.223 e. The topological polar surface area (TPSA) is 84.1 Å². The molecular formula is C7H11ClN4O. The number of aromatic nitrogens is 2. The van der Waals surface area contributed by atoms with Crippen molar-refractivity contribution in [1.82, 2.24) is 9.97 Å². The molecule has 0 amide bonds. The van der Waals surface area contributed by atoms with Crippen LogP contribution in [0.5, 0.6) is 0 Å². The maximum absolute atomic E-state index is 8.98. The van der Waals surface area contributed by atoms with Crippen LogP contribution in [0.4, 0.5) is 11.8 Å². The first-order valence-electron chi connectivity index (χ1n) is 3.80. The van der Waals surface area contributed by atoms with Gasteiger partial charge in [-0.1, -0.05) is 11.6 Å². The van der Waals surface area contributed by atoms with Gasteiger partial charge in [0.1, 0.15) is 11.0 Å². The van der Waals surface area contributed by atoms with Crippen molar-refractivity contribution in [1.29, 1.82) is 0 Å². The molecule has 0 aromatic carbocycles. The zero-order valence-electron chi connectivity index (χ0n) is 7.16. The fraction of sp³-hybridized carbons (Fsp3) is 0.429. The Hall–Kier alpha value is -1.07. The fourth-order valence-corrected chi connectivity index (χ4v) is 0.968. The average Bonchev–Trinajstić information content (AvgIpc) is 1.99. The van der Waals surface area contributed by atoms with Crippen molar-refractivity contribution in [3.8, 4) is 0 Å². The molecule has 0 saturated carbocycles. The van der Waals surface area contributed by atoms with Crippen LogP contribution in [-0.4, -0.2) is 27.7 Å². The highest BCUT2D eigenvalue weighted by atomic mass is 35.5. The number of aliphatic hydroxyl groups is 1. The van der Waals surface area contributed by atoms with E-state index in [0.29, 0.717) is 12.4 Å². The summed E-state index contributed by atoms with van der Waals surface area (Å²) in [5, 5.41) is 12.1. The van der Waals surface area contributed by atoms with Gasteiger partial charge in [0.25, 0.3) is 0 Å². The van der Waals surface area contributed by atoms with E-state index in [-0.39, 0.29) is 11.1 Å². The summed E-state index contributed by atoms with van der Waals surface area (Å²) in [6.07, 6.45) is -0.449. The number of aliphatic hydroxyl groups excluding tert-OH is 1. The van der Waals surface area contributed by atoms with E-state index in [1.165, 1.54) is 0 Å². The van der Waals surface area contributed by atoms with Crippen LogP contribution in [0.15, 0.2) is 6.07 Å². The van der Waals surface area contributed by atoms with E-state index in [1.54, 1.807) is 13.0 Å². The zero-order valence-corrected chi connectivity index (χ0v) is 7.91. The van der Waals surface area contributed by atoms with E-state index in [9.17, 15) is 0 Å². The molecule has 0 radical (unpaired) electrons. The van der Waals surface area contributed by atoms with Crippen LogP contribution < -0.4 is 11.1 Å². The lowest BCUT2D eigenvalue weighted by atomic mass is 10.4. The van der Waals surface area contributed by atoms with Gasteiger partial charge >= 0.3 is 0 Å². The second-order valence-corrected chi connectivity index (χ2v) is 3.05. The number of nitrogens with one attached hydrogen (secondary N) is 1. The van der Waals surface area contributed by atoms with Gasteiger partial charge in [0.2, 0.25) is 5.95 Å². The Bertz CT molecular complexity index is 272. The molecule has 4 N–H and O–H groups in total. The highest BCUT2D eigenvalue weighted by Gasteiger charge is 2.00. The normalized spacial score (nSPS) is 12.5. The Morgan fingerprint density at radius 1 is 1.69 bits per heavy atom. The molecule has 0 aliphatic carbocycles. The van der Waals surface area contributed by atoms with Crippen LogP contribution in [0.25, 0.3) is 0 Å². The number of halogens is 1. The Balaban J connectivity index is 2.66. The SMILES string of the molecule is CC(O)CNc1cc(Cl)nc(N)n1. The minimum atomic E-state index is -0.449. The number of hydrogen-bond donors (Lipinski definition) is 3. The maximum atomic E-state index is 8.98. The Morgan fingerprint density at radius 3 is 2.92 bits per heavy atom. The highest BCUT2D eigenvalue weighted by Crippen LogP contribution is 2.11. The summed E-state index contributed by atoms with van der Waals surface area (Å²) in [6, 6.07) is 1.54. The first-order chi connectivity index (χ1) is 6.08. The maximum Gasteiger partial charge on any atom is 0.223 e. The van der Waals surface area contributed by atoms with Gasteiger partial charge in [-0.05, 0) is 6.92 Å². The molecule has 0 bridgehead atoms. The van der Waals surface area contributed by atoms with E-state index < -0.39 is 6.10 Å². The summed E-state index contributed by atoms with van der Waals surface area (Å²) < 4.78 is 0. The number of rotatable bonds is 3. The van der Waals surface area contributed by atoms with Gasteiger partial charge in [-0.2, -0.15) is 4.98 Å². The molecule has 5 nitrogen and oxygen atoms in total. The van der Waals surface area contributed by atoms with E-state index in [0.717, 1.165) is 0 Å². The van der Waals surface area contributed by atoms with Gasteiger partial charge in [-0.3, -0.25) is 0 Å². The van der Waals surface area contributed by atoms with Crippen molar-refractivity contribution >= 4 is 23.4 Å². The van der Waals surface area contributed by atoms with Gasteiger partial charge < -0.3 is 16.2 Å². The number of nitrogen functional groups attached to an aromatic ring is 1. The summed E-state index contributed by atoms with van der Waals surface area (Å²) >= 11 is 5.63. The van der Waals surface area contributed by atoms with Crippen LogP contribution in [0, 0.1) is 0 Å². The predicted molar refractivity (Wildman–Crippen MR) is 51.6 cm³/mol. The quantitative estimate of drug-likeness (QED) is 0.622. The highest BCUT2D eigenvalue weighted by molar-refractivity contribution is 6.29. The van der Waals surface area contributed by atoms with Crippen LogP contribution in [0.1, 0.15) is 6.92 Å². The van der Waals surface area contributed by atoms with Crippen molar-refractivity contribution in [2.75, 3.05) is 17.6 Å². The second-order valence-electron chi connectivity index (χ2n) is 2.66. The molecule has 0 aliphatic heterocycles. The Kier molecular flexibility index (Phi) is 3.27. The average molecular weight is 203 g/mol.